The second-order valence-corrected chi connectivity index (χ2v) is 15.9. The van der Waals surface area contributed by atoms with Crippen molar-refractivity contribution in [2.45, 2.75) is 57.8 Å². The van der Waals surface area contributed by atoms with Gasteiger partial charge in [-0.05, 0) is 55.3 Å². The Kier molecular flexibility index (Phi) is 6.14. The van der Waals surface area contributed by atoms with Gasteiger partial charge in [-0.15, -0.1) is 0 Å². The molecular weight excluding hydrogens is 447 g/mol. The molecule has 6 nitrogen and oxygen atoms in total. The van der Waals surface area contributed by atoms with Crippen LogP contribution >= 0.6 is 0 Å². The zero-order valence-electron chi connectivity index (χ0n) is 20.0. The Bertz CT molecular complexity index is 1300. The van der Waals surface area contributed by atoms with Gasteiger partial charge in [0.15, 0.2) is 0 Å². The van der Waals surface area contributed by atoms with E-state index in [1.165, 1.54) is 12.1 Å². The van der Waals surface area contributed by atoms with Crippen molar-refractivity contribution in [3.8, 4) is 22.4 Å². The van der Waals surface area contributed by atoms with Crippen LogP contribution in [0.1, 0.15) is 30.1 Å². The molecule has 178 valence electrons. The van der Waals surface area contributed by atoms with Crippen molar-refractivity contribution in [3.05, 3.63) is 66.0 Å². The third-order valence-corrected chi connectivity index (χ3v) is 8.02. The molecule has 0 amide bonds. The summed E-state index contributed by atoms with van der Waals surface area (Å²) in [7, 11) is -1.18. The number of aliphatic hydroxyl groups excluding tert-OH is 1. The third kappa shape index (κ3) is 4.71. The first-order valence-electron chi connectivity index (χ1n) is 11.9. The molecule has 1 saturated carbocycles. The highest BCUT2D eigenvalue weighted by atomic mass is 28.3. The molecule has 0 bridgehead atoms. The Morgan fingerprint density at radius 2 is 1.82 bits per heavy atom. The molecule has 1 fully saturated rings. The average Bonchev–Trinajstić information content (AvgIpc) is 3.45. The largest absolute Gasteiger partial charge is 0.390 e. The van der Waals surface area contributed by atoms with E-state index in [-0.39, 0.29) is 12.4 Å². The summed E-state index contributed by atoms with van der Waals surface area (Å²) < 4.78 is 23.7. The first-order valence-corrected chi connectivity index (χ1v) is 15.6. The maximum Gasteiger partial charge on any atom is 0.139 e. The molecule has 0 atom stereocenters. The normalized spacial score (nSPS) is 14.3. The zero-order chi connectivity index (χ0) is 23.9. The highest BCUT2D eigenvalue weighted by molar-refractivity contribution is 6.76. The fourth-order valence-corrected chi connectivity index (χ4v) is 5.02. The number of imidazole rings is 1. The number of rotatable bonds is 9. The van der Waals surface area contributed by atoms with Crippen molar-refractivity contribution in [1.82, 2.24) is 19.2 Å². The topological polar surface area (TPSA) is 64.6 Å². The highest BCUT2D eigenvalue weighted by Crippen LogP contribution is 2.47. The Balaban J connectivity index is 1.61. The lowest BCUT2D eigenvalue weighted by Gasteiger charge is -2.16. The summed E-state index contributed by atoms with van der Waals surface area (Å²) in [5, 5.41) is 14.8. The van der Waals surface area contributed by atoms with E-state index in [1.54, 1.807) is 18.3 Å². The molecule has 8 heteroatoms. The monoisotopic (exact) mass is 478 g/mol. The van der Waals surface area contributed by atoms with E-state index in [2.05, 4.69) is 30.7 Å². The van der Waals surface area contributed by atoms with E-state index < -0.39 is 8.07 Å². The first kappa shape index (κ1) is 23.0. The van der Waals surface area contributed by atoms with Crippen LogP contribution < -0.4 is 0 Å². The molecule has 4 aromatic rings. The molecule has 1 aliphatic rings. The molecule has 1 aromatic carbocycles. The number of nitrogens with zero attached hydrogens (tertiary/aromatic N) is 4. The Morgan fingerprint density at radius 3 is 2.50 bits per heavy atom. The highest BCUT2D eigenvalue weighted by Gasteiger charge is 2.33. The Labute approximate surface area is 200 Å². The summed E-state index contributed by atoms with van der Waals surface area (Å²) >= 11 is 0. The molecule has 0 unspecified atom stereocenters. The molecular formula is C26H31FN4O2Si. The quantitative estimate of drug-likeness (QED) is 0.248. The van der Waals surface area contributed by atoms with Gasteiger partial charge in [-0.3, -0.25) is 0 Å². The summed E-state index contributed by atoms with van der Waals surface area (Å²) in [5.74, 6) is 0.155. The second-order valence-electron chi connectivity index (χ2n) is 10.3. The molecule has 0 saturated heterocycles. The van der Waals surface area contributed by atoms with E-state index in [4.69, 9.17) is 9.84 Å². The van der Waals surface area contributed by atoms with Crippen LogP contribution in [-0.2, 0) is 18.1 Å². The maximum atomic E-state index is 13.7. The van der Waals surface area contributed by atoms with Gasteiger partial charge in [0.1, 0.15) is 23.9 Å². The molecule has 0 aliphatic heterocycles. The summed E-state index contributed by atoms with van der Waals surface area (Å²) in [4.78, 5) is 4.38. The van der Waals surface area contributed by atoms with Gasteiger partial charge in [-0.25, -0.2) is 14.1 Å². The van der Waals surface area contributed by atoms with Crippen LogP contribution in [-0.4, -0.2) is 39.0 Å². The minimum Gasteiger partial charge on any atom is -0.390 e. The first-order chi connectivity index (χ1) is 16.3. The summed E-state index contributed by atoms with van der Waals surface area (Å²) in [6.07, 6.45) is 5.94. The molecule has 1 aliphatic carbocycles. The van der Waals surface area contributed by atoms with E-state index in [1.807, 2.05) is 21.3 Å². The smallest absolute Gasteiger partial charge is 0.139 e. The number of pyridine rings is 1. The fourth-order valence-electron chi connectivity index (χ4n) is 4.26. The van der Waals surface area contributed by atoms with Gasteiger partial charge < -0.3 is 14.2 Å². The Hall–Kier alpha value is -2.81. The van der Waals surface area contributed by atoms with Crippen LogP contribution in [0.3, 0.4) is 0 Å². The van der Waals surface area contributed by atoms with Crippen molar-refractivity contribution in [2.24, 2.45) is 0 Å². The van der Waals surface area contributed by atoms with Crippen LogP contribution in [0.5, 0.6) is 0 Å². The van der Waals surface area contributed by atoms with E-state index in [0.717, 1.165) is 64.9 Å². The van der Waals surface area contributed by atoms with E-state index in [9.17, 15) is 9.50 Å². The fraction of sp³-hybridized carbons (Fsp3) is 0.385. The number of fused-ring (bicyclic) bond motifs is 1. The van der Waals surface area contributed by atoms with E-state index >= 15 is 0 Å². The molecule has 0 spiro atoms. The van der Waals surface area contributed by atoms with Crippen molar-refractivity contribution in [1.29, 1.82) is 0 Å². The average molecular weight is 479 g/mol. The van der Waals surface area contributed by atoms with Crippen LogP contribution in [0, 0.1) is 5.82 Å². The van der Waals surface area contributed by atoms with Crippen LogP contribution in [0.25, 0.3) is 28.0 Å². The lowest BCUT2D eigenvalue weighted by atomic mass is 9.98. The molecule has 1 N–H and O–H groups in total. The van der Waals surface area contributed by atoms with Crippen LogP contribution in [0.4, 0.5) is 4.39 Å². The molecule has 0 radical (unpaired) electrons. The van der Waals surface area contributed by atoms with Gasteiger partial charge in [0.2, 0.25) is 0 Å². The van der Waals surface area contributed by atoms with Crippen LogP contribution in [0.2, 0.25) is 25.7 Å². The third-order valence-electron chi connectivity index (χ3n) is 6.32. The van der Waals surface area contributed by atoms with Gasteiger partial charge >= 0.3 is 0 Å². The predicted octanol–water partition coefficient (Wildman–Crippen LogP) is 5.69. The number of aliphatic hydroxyl groups is 1. The number of halogens is 1. The summed E-state index contributed by atoms with van der Waals surface area (Å²) in [6, 6.07) is 11.6. The van der Waals surface area contributed by atoms with Gasteiger partial charge in [0.05, 0.1) is 24.2 Å². The van der Waals surface area contributed by atoms with E-state index in [0.29, 0.717) is 12.6 Å². The maximum absolute atomic E-state index is 13.7. The van der Waals surface area contributed by atoms with Gasteiger partial charge in [-0.1, -0.05) is 19.6 Å². The SMILES string of the molecule is C[Si](C)(C)CCOCn1nc(-c2ccc(F)cc2)c(-c2ccc3ncc(CO)n3c2)c1C1CC1. The predicted molar refractivity (Wildman–Crippen MR) is 134 cm³/mol. The minimum absolute atomic E-state index is 0.0882. The van der Waals surface area contributed by atoms with Crippen molar-refractivity contribution < 1.29 is 14.2 Å². The van der Waals surface area contributed by atoms with Gasteiger partial charge in [-0.2, -0.15) is 5.10 Å². The van der Waals surface area contributed by atoms with Crippen LogP contribution in [0.15, 0.2) is 48.8 Å². The standard InChI is InChI=1S/C26H31FN4O2Si/c1-34(2,3)13-12-33-17-31-26(19-4-5-19)24(25(29-31)18-6-9-21(27)10-7-18)20-8-11-23-28-14-22(16-32)30(23)15-20/h6-11,14-15,19,32H,4-5,12-13,16-17H2,1-3H3. The molecule has 5 rings (SSSR count). The molecule has 3 heterocycles. The lowest BCUT2D eigenvalue weighted by molar-refractivity contribution is 0.0767. The number of benzene rings is 1. The van der Waals surface area contributed by atoms with Crippen molar-refractivity contribution in [2.75, 3.05) is 6.61 Å². The molecule has 3 aromatic heterocycles. The van der Waals surface area contributed by atoms with Gasteiger partial charge in [0.25, 0.3) is 0 Å². The second kappa shape index (κ2) is 9.09. The number of ether oxygens (including phenoxy) is 1. The summed E-state index contributed by atoms with van der Waals surface area (Å²) in [5.41, 5.74) is 6.41. The number of hydrogen-bond acceptors (Lipinski definition) is 4. The minimum atomic E-state index is -1.18. The van der Waals surface area contributed by atoms with Crippen molar-refractivity contribution in [3.63, 3.8) is 0 Å². The number of hydrogen-bond donors (Lipinski definition) is 1. The number of aromatic nitrogens is 4. The zero-order valence-corrected chi connectivity index (χ0v) is 21.0. The van der Waals surface area contributed by atoms with Crippen molar-refractivity contribution >= 4 is 13.7 Å². The Morgan fingerprint density at radius 1 is 1.09 bits per heavy atom. The lowest BCUT2D eigenvalue weighted by Crippen LogP contribution is -2.22. The van der Waals surface area contributed by atoms with Gasteiger partial charge in [0, 0.05) is 43.5 Å². The summed E-state index contributed by atoms with van der Waals surface area (Å²) in [6.45, 7) is 8.07. The molecule has 34 heavy (non-hydrogen) atoms.